The maximum atomic E-state index is 12.3. The summed E-state index contributed by atoms with van der Waals surface area (Å²) in [4.78, 5) is 15.3. The number of carbonyl (C=O) groups excluding carboxylic acids is 1. The fourth-order valence-corrected chi connectivity index (χ4v) is 2.60. The zero-order valence-corrected chi connectivity index (χ0v) is 15.2. The van der Waals surface area contributed by atoms with Crippen LogP contribution < -0.4 is 14.9 Å². The van der Waals surface area contributed by atoms with Gasteiger partial charge in [-0.1, -0.05) is 0 Å². The summed E-state index contributed by atoms with van der Waals surface area (Å²) in [5.74, 6) is 0.826. The molecule has 1 heterocycles. The van der Waals surface area contributed by atoms with Crippen molar-refractivity contribution >= 4 is 23.0 Å². The molecule has 0 bridgehead atoms. The van der Waals surface area contributed by atoms with E-state index >= 15 is 0 Å². The largest absolute Gasteiger partial charge is 0.504 e. The highest BCUT2D eigenvalue weighted by Crippen LogP contribution is 2.26. The third-order valence-electron chi connectivity index (χ3n) is 3.81. The lowest BCUT2D eigenvalue weighted by Gasteiger charge is -2.05. The van der Waals surface area contributed by atoms with Gasteiger partial charge in [0.25, 0.3) is 5.91 Å². The Morgan fingerprint density at radius 3 is 2.74 bits per heavy atom. The number of fused-ring (bicyclic) bond motifs is 1. The van der Waals surface area contributed by atoms with Crippen LogP contribution in [0.25, 0.3) is 10.9 Å². The molecule has 27 heavy (non-hydrogen) atoms. The van der Waals surface area contributed by atoms with E-state index in [2.05, 4.69) is 15.5 Å². The van der Waals surface area contributed by atoms with Gasteiger partial charge in [-0.15, -0.1) is 0 Å². The topological polar surface area (TPSA) is 95.9 Å². The van der Waals surface area contributed by atoms with Gasteiger partial charge >= 0.3 is 0 Å². The highest BCUT2D eigenvalue weighted by molar-refractivity contribution is 5.98. The lowest BCUT2D eigenvalue weighted by molar-refractivity contribution is 0.0951. The van der Waals surface area contributed by atoms with Gasteiger partial charge < -0.3 is 19.6 Å². The Hall–Kier alpha value is -3.48. The number of benzene rings is 2. The first-order chi connectivity index (χ1) is 13.1. The third kappa shape index (κ3) is 4.38. The van der Waals surface area contributed by atoms with Gasteiger partial charge in [0.05, 0.1) is 19.4 Å². The summed E-state index contributed by atoms with van der Waals surface area (Å²) in [6.07, 6.45) is 1.48. The quantitative estimate of drug-likeness (QED) is 0.440. The highest BCUT2D eigenvalue weighted by atomic mass is 16.5. The molecule has 1 aromatic heterocycles. The normalized spacial score (nSPS) is 11.0. The summed E-state index contributed by atoms with van der Waals surface area (Å²) >= 11 is 0. The predicted molar refractivity (Wildman–Crippen MR) is 104 cm³/mol. The lowest BCUT2D eigenvalue weighted by Crippen LogP contribution is -2.17. The summed E-state index contributed by atoms with van der Waals surface area (Å²) in [6.45, 7) is 4.78. The molecule has 0 unspecified atom stereocenters. The summed E-state index contributed by atoms with van der Waals surface area (Å²) in [6, 6.07) is 12.2. The van der Waals surface area contributed by atoms with Crippen LogP contribution in [0.5, 0.6) is 17.2 Å². The minimum Gasteiger partial charge on any atom is -0.504 e. The maximum absolute atomic E-state index is 12.3. The molecule has 0 aliphatic carbocycles. The summed E-state index contributed by atoms with van der Waals surface area (Å²) in [5.41, 5.74) is 4.41. The molecule has 0 atom stereocenters. The number of hydrogen-bond acceptors (Lipinski definition) is 5. The number of H-pyrrole nitrogens is 1. The minimum atomic E-state index is -0.357. The Morgan fingerprint density at radius 1 is 1.15 bits per heavy atom. The molecule has 3 rings (SSSR count). The molecule has 3 aromatic rings. The number of aromatic nitrogens is 1. The molecule has 0 radical (unpaired) electrons. The lowest BCUT2D eigenvalue weighted by atomic mass is 10.2. The van der Waals surface area contributed by atoms with Crippen molar-refractivity contribution in [3.05, 3.63) is 53.7 Å². The predicted octanol–water partition coefficient (Wildman–Crippen LogP) is 3.43. The van der Waals surface area contributed by atoms with Gasteiger partial charge in [-0.3, -0.25) is 4.79 Å². The van der Waals surface area contributed by atoms with E-state index in [-0.39, 0.29) is 11.7 Å². The molecule has 2 aromatic carbocycles. The van der Waals surface area contributed by atoms with Crippen molar-refractivity contribution < 1.29 is 19.4 Å². The van der Waals surface area contributed by atoms with Gasteiger partial charge in [0.2, 0.25) is 0 Å². The van der Waals surface area contributed by atoms with Gasteiger partial charge in [0.1, 0.15) is 11.4 Å². The number of aromatic amines is 1. The number of amides is 1. The average Bonchev–Trinajstić information content (AvgIpc) is 3.08. The molecule has 3 N–H and O–H groups in total. The van der Waals surface area contributed by atoms with Gasteiger partial charge in [-0.25, -0.2) is 5.43 Å². The molecule has 0 saturated heterocycles. The van der Waals surface area contributed by atoms with E-state index in [0.717, 1.165) is 16.7 Å². The van der Waals surface area contributed by atoms with E-state index in [1.54, 1.807) is 18.2 Å². The van der Waals surface area contributed by atoms with Crippen molar-refractivity contribution in [2.75, 3.05) is 13.2 Å². The molecular weight excluding hydrogens is 346 g/mol. The molecule has 0 fully saturated rings. The highest BCUT2D eigenvalue weighted by Gasteiger charge is 2.09. The van der Waals surface area contributed by atoms with Crippen LogP contribution in [-0.4, -0.2) is 35.4 Å². The number of nitrogens with one attached hydrogen (secondary N) is 2. The third-order valence-corrected chi connectivity index (χ3v) is 3.81. The van der Waals surface area contributed by atoms with E-state index in [1.807, 2.05) is 32.0 Å². The summed E-state index contributed by atoms with van der Waals surface area (Å²) in [5, 5.41) is 14.5. The van der Waals surface area contributed by atoms with Crippen LogP contribution in [0.4, 0.5) is 0 Å². The van der Waals surface area contributed by atoms with Gasteiger partial charge in [0, 0.05) is 10.9 Å². The van der Waals surface area contributed by atoms with E-state index in [0.29, 0.717) is 30.2 Å². The Morgan fingerprint density at radius 2 is 1.96 bits per heavy atom. The fraction of sp³-hybridized carbons (Fsp3) is 0.200. The van der Waals surface area contributed by atoms with Crippen LogP contribution >= 0.6 is 0 Å². The number of carbonyl (C=O) groups is 1. The first-order valence-corrected chi connectivity index (χ1v) is 8.65. The maximum Gasteiger partial charge on any atom is 0.287 e. The Balaban J connectivity index is 1.69. The van der Waals surface area contributed by atoms with Gasteiger partial charge in [0.15, 0.2) is 11.5 Å². The van der Waals surface area contributed by atoms with Crippen LogP contribution in [-0.2, 0) is 0 Å². The zero-order valence-electron chi connectivity index (χ0n) is 15.2. The monoisotopic (exact) mass is 367 g/mol. The van der Waals surface area contributed by atoms with E-state index in [1.165, 1.54) is 12.3 Å². The molecular formula is C20H21N3O4. The van der Waals surface area contributed by atoms with Crippen molar-refractivity contribution in [3.63, 3.8) is 0 Å². The van der Waals surface area contributed by atoms with Crippen molar-refractivity contribution in [1.29, 1.82) is 0 Å². The van der Waals surface area contributed by atoms with Gasteiger partial charge in [-0.05, 0) is 61.9 Å². The molecule has 0 aliphatic heterocycles. The molecule has 140 valence electrons. The second-order valence-corrected chi connectivity index (χ2v) is 5.72. The van der Waals surface area contributed by atoms with Crippen LogP contribution in [0.2, 0.25) is 0 Å². The van der Waals surface area contributed by atoms with Crippen LogP contribution in [0.15, 0.2) is 47.6 Å². The zero-order chi connectivity index (χ0) is 19.2. The van der Waals surface area contributed by atoms with E-state index < -0.39 is 0 Å². The first-order valence-electron chi connectivity index (χ1n) is 8.65. The Bertz CT molecular complexity index is 979. The number of phenolic OH excluding ortho intramolecular Hbond substituents is 1. The SMILES string of the molecule is CCOc1ccc2[nH]c(C(=O)N/N=C/c3ccc(O)c(OCC)c3)cc2c1. The van der Waals surface area contributed by atoms with E-state index in [9.17, 15) is 9.90 Å². The van der Waals surface area contributed by atoms with E-state index in [4.69, 9.17) is 9.47 Å². The Labute approximate surface area is 156 Å². The average molecular weight is 367 g/mol. The standard InChI is InChI=1S/C20H21N3O4/c1-3-26-15-6-7-16-14(10-15)11-17(22-16)20(25)23-21-12-13-5-8-18(24)19(9-13)27-4-2/h5-12,22,24H,3-4H2,1-2H3,(H,23,25)/b21-12+. The van der Waals surface area contributed by atoms with Crippen molar-refractivity contribution in [2.24, 2.45) is 5.10 Å². The summed E-state index contributed by atoms with van der Waals surface area (Å²) in [7, 11) is 0. The fourth-order valence-electron chi connectivity index (χ4n) is 2.60. The molecule has 1 amide bonds. The first kappa shape index (κ1) is 18.3. The van der Waals surface area contributed by atoms with Gasteiger partial charge in [-0.2, -0.15) is 5.10 Å². The number of ether oxygens (including phenoxy) is 2. The second kappa shape index (κ2) is 8.27. The van der Waals surface area contributed by atoms with Crippen molar-refractivity contribution in [1.82, 2.24) is 10.4 Å². The second-order valence-electron chi connectivity index (χ2n) is 5.72. The van der Waals surface area contributed by atoms with Crippen LogP contribution in [0, 0.1) is 0 Å². The van der Waals surface area contributed by atoms with Crippen molar-refractivity contribution in [2.45, 2.75) is 13.8 Å². The Kier molecular flexibility index (Phi) is 5.61. The number of hydrazone groups is 1. The molecule has 7 nitrogen and oxygen atoms in total. The molecule has 0 aliphatic rings. The number of aromatic hydroxyl groups is 1. The summed E-state index contributed by atoms with van der Waals surface area (Å²) < 4.78 is 10.8. The van der Waals surface area contributed by atoms with Crippen LogP contribution in [0.3, 0.4) is 0 Å². The smallest absolute Gasteiger partial charge is 0.287 e. The molecule has 0 spiro atoms. The van der Waals surface area contributed by atoms with Crippen molar-refractivity contribution in [3.8, 4) is 17.2 Å². The minimum absolute atomic E-state index is 0.0579. The molecule has 0 saturated carbocycles. The number of phenols is 1. The molecule has 7 heteroatoms. The van der Waals surface area contributed by atoms with Crippen LogP contribution in [0.1, 0.15) is 29.9 Å². The number of hydrogen-bond donors (Lipinski definition) is 3. The number of rotatable bonds is 7. The number of nitrogens with zero attached hydrogens (tertiary/aromatic N) is 1.